The average Bonchev–Trinajstić information content (AvgIpc) is 3.27. The molecule has 0 bridgehead atoms. The van der Waals surface area contributed by atoms with Crippen molar-refractivity contribution < 1.29 is 0 Å². The van der Waals surface area contributed by atoms with Gasteiger partial charge in [-0.15, -0.1) is 11.3 Å². The second-order valence-corrected chi connectivity index (χ2v) is 7.71. The van der Waals surface area contributed by atoms with Crippen molar-refractivity contribution in [3.63, 3.8) is 0 Å². The minimum Gasteiger partial charge on any atom is -0.290 e. The zero-order valence-electron chi connectivity index (χ0n) is 13.5. The van der Waals surface area contributed by atoms with Crippen molar-refractivity contribution in [3.8, 4) is 0 Å². The summed E-state index contributed by atoms with van der Waals surface area (Å²) >= 11 is 1.77. The maximum atomic E-state index is 4.68. The lowest BCUT2D eigenvalue weighted by molar-refractivity contribution is 0.247. The van der Waals surface area contributed by atoms with Crippen LogP contribution in [0.25, 0.3) is 0 Å². The van der Waals surface area contributed by atoms with Crippen molar-refractivity contribution in [3.05, 3.63) is 40.4 Å². The highest BCUT2D eigenvalue weighted by Gasteiger charge is 2.28. The van der Waals surface area contributed by atoms with Crippen LogP contribution in [0, 0.1) is 0 Å². The molecule has 2 aliphatic rings. The van der Waals surface area contributed by atoms with Gasteiger partial charge in [0, 0.05) is 42.0 Å². The van der Waals surface area contributed by atoms with Gasteiger partial charge in [-0.25, -0.2) is 15.0 Å². The van der Waals surface area contributed by atoms with Gasteiger partial charge in [-0.1, -0.05) is 19.3 Å². The molecule has 1 saturated heterocycles. The van der Waals surface area contributed by atoms with E-state index in [4.69, 9.17) is 0 Å². The van der Waals surface area contributed by atoms with Gasteiger partial charge >= 0.3 is 0 Å². The van der Waals surface area contributed by atoms with Crippen LogP contribution in [0.2, 0.25) is 0 Å². The molecule has 5 heteroatoms. The molecule has 1 aliphatic carbocycles. The summed E-state index contributed by atoms with van der Waals surface area (Å²) in [4.78, 5) is 16.4. The first kappa shape index (κ1) is 15.2. The third-order valence-corrected chi connectivity index (χ3v) is 6.06. The van der Waals surface area contributed by atoms with Gasteiger partial charge < -0.3 is 0 Å². The van der Waals surface area contributed by atoms with Gasteiger partial charge in [0.1, 0.15) is 10.8 Å². The maximum absolute atomic E-state index is 4.68. The lowest BCUT2D eigenvalue weighted by Crippen LogP contribution is -2.23. The van der Waals surface area contributed by atoms with E-state index in [2.05, 4.69) is 25.2 Å². The molecule has 0 radical (unpaired) electrons. The van der Waals surface area contributed by atoms with E-state index in [1.165, 1.54) is 55.5 Å². The summed E-state index contributed by atoms with van der Waals surface area (Å²) in [6.07, 6.45) is 15.1. The molecule has 4 nitrogen and oxygen atoms in total. The van der Waals surface area contributed by atoms with E-state index >= 15 is 0 Å². The Morgan fingerprint density at radius 3 is 2.57 bits per heavy atom. The summed E-state index contributed by atoms with van der Waals surface area (Å²) < 4.78 is 0. The smallest absolute Gasteiger partial charge is 0.131 e. The molecular weight excluding hydrogens is 304 g/mol. The van der Waals surface area contributed by atoms with E-state index in [-0.39, 0.29) is 0 Å². The number of aromatic nitrogens is 3. The Morgan fingerprint density at radius 2 is 1.83 bits per heavy atom. The fourth-order valence-corrected chi connectivity index (χ4v) is 4.75. The Kier molecular flexibility index (Phi) is 4.67. The molecule has 1 aliphatic heterocycles. The van der Waals surface area contributed by atoms with Gasteiger partial charge in [-0.05, 0) is 32.2 Å². The van der Waals surface area contributed by atoms with Crippen molar-refractivity contribution in [1.29, 1.82) is 0 Å². The first-order valence-electron chi connectivity index (χ1n) is 8.84. The number of likely N-dealkylation sites (tertiary alicyclic amines) is 1. The standard InChI is InChI=1S/C18H24N4S/c1-2-5-15(6-3-1)17-20-11-14(12-21-17)13-22-9-4-7-16(22)18-19-8-10-23-18/h8,10-12,15-16H,1-7,9,13H2/t16-/m1/s1. The minimum absolute atomic E-state index is 0.480. The lowest BCUT2D eigenvalue weighted by atomic mass is 9.89. The third kappa shape index (κ3) is 3.45. The second kappa shape index (κ2) is 7.05. The Labute approximate surface area is 142 Å². The van der Waals surface area contributed by atoms with Gasteiger partial charge in [0.25, 0.3) is 0 Å². The molecule has 23 heavy (non-hydrogen) atoms. The predicted octanol–water partition coefficient (Wildman–Crippen LogP) is 4.32. The van der Waals surface area contributed by atoms with Crippen LogP contribution in [0.15, 0.2) is 24.0 Å². The van der Waals surface area contributed by atoms with E-state index in [1.807, 2.05) is 18.6 Å². The maximum Gasteiger partial charge on any atom is 0.131 e. The molecule has 2 aromatic heterocycles. The topological polar surface area (TPSA) is 41.9 Å². The molecule has 1 saturated carbocycles. The normalized spacial score (nSPS) is 23.4. The molecule has 0 aromatic carbocycles. The molecule has 4 rings (SSSR count). The van der Waals surface area contributed by atoms with E-state index in [9.17, 15) is 0 Å². The van der Waals surface area contributed by atoms with Crippen LogP contribution in [-0.2, 0) is 6.54 Å². The highest BCUT2D eigenvalue weighted by atomic mass is 32.1. The van der Waals surface area contributed by atoms with Crippen molar-refractivity contribution in [2.24, 2.45) is 0 Å². The van der Waals surface area contributed by atoms with Gasteiger partial charge in [-0.3, -0.25) is 4.90 Å². The van der Waals surface area contributed by atoms with Crippen LogP contribution in [0.4, 0.5) is 0 Å². The molecule has 0 amide bonds. The molecule has 122 valence electrons. The van der Waals surface area contributed by atoms with Crippen LogP contribution in [0.1, 0.15) is 73.3 Å². The number of thiazole rings is 1. The number of hydrogen-bond acceptors (Lipinski definition) is 5. The van der Waals surface area contributed by atoms with Crippen LogP contribution < -0.4 is 0 Å². The van der Waals surface area contributed by atoms with Gasteiger partial charge in [0.15, 0.2) is 0 Å². The van der Waals surface area contributed by atoms with Crippen molar-refractivity contribution in [2.75, 3.05) is 6.54 Å². The molecule has 2 fully saturated rings. The summed E-state index contributed by atoms with van der Waals surface area (Å²) in [6, 6.07) is 0.480. The van der Waals surface area contributed by atoms with Crippen LogP contribution in [0.5, 0.6) is 0 Å². The average molecular weight is 328 g/mol. The SMILES string of the molecule is c1csc([C@H]2CCCN2Cc2cnc(C3CCCCC3)nc2)n1. The molecule has 1 atom stereocenters. The second-order valence-electron chi connectivity index (χ2n) is 6.78. The highest BCUT2D eigenvalue weighted by Crippen LogP contribution is 2.34. The third-order valence-electron chi connectivity index (χ3n) is 5.18. The fraction of sp³-hybridized carbons (Fsp3) is 0.611. The first-order valence-corrected chi connectivity index (χ1v) is 9.72. The van der Waals surface area contributed by atoms with Crippen LogP contribution in [0.3, 0.4) is 0 Å². The van der Waals surface area contributed by atoms with Crippen molar-refractivity contribution in [2.45, 2.75) is 63.5 Å². The molecule has 3 heterocycles. The van der Waals surface area contributed by atoms with Gasteiger partial charge in [0.2, 0.25) is 0 Å². The van der Waals surface area contributed by atoms with Crippen LogP contribution >= 0.6 is 11.3 Å². The first-order chi connectivity index (χ1) is 11.4. The van der Waals surface area contributed by atoms with Gasteiger partial charge in [0.05, 0.1) is 6.04 Å². The van der Waals surface area contributed by atoms with Crippen molar-refractivity contribution >= 4 is 11.3 Å². The zero-order chi connectivity index (χ0) is 15.5. The lowest BCUT2D eigenvalue weighted by Gasteiger charge is -2.23. The van der Waals surface area contributed by atoms with E-state index in [0.29, 0.717) is 12.0 Å². The summed E-state index contributed by atoms with van der Waals surface area (Å²) in [5.41, 5.74) is 1.23. The monoisotopic (exact) mass is 328 g/mol. The molecule has 0 spiro atoms. The van der Waals surface area contributed by atoms with Crippen molar-refractivity contribution in [1.82, 2.24) is 19.9 Å². The van der Waals surface area contributed by atoms with E-state index in [0.717, 1.165) is 18.9 Å². The van der Waals surface area contributed by atoms with Crippen LogP contribution in [-0.4, -0.2) is 26.4 Å². The van der Waals surface area contributed by atoms with E-state index in [1.54, 1.807) is 11.3 Å². The zero-order valence-corrected chi connectivity index (χ0v) is 14.3. The quantitative estimate of drug-likeness (QED) is 0.838. The molecule has 2 aromatic rings. The largest absolute Gasteiger partial charge is 0.290 e. The Bertz CT molecular complexity index is 604. The highest BCUT2D eigenvalue weighted by molar-refractivity contribution is 7.09. The van der Waals surface area contributed by atoms with Gasteiger partial charge in [-0.2, -0.15) is 0 Å². The summed E-state index contributed by atoms with van der Waals surface area (Å²) in [5.74, 6) is 1.65. The van der Waals surface area contributed by atoms with E-state index < -0.39 is 0 Å². The summed E-state index contributed by atoms with van der Waals surface area (Å²) in [6.45, 7) is 2.09. The number of hydrogen-bond donors (Lipinski definition) is 0. The Balaban J connectivity index is 1.42. The Morgan fingerprint density at radius 1 is 1.00 bits per heavy atom. The number of rotatable bonds is 4. The molecular formula is C18H24N4S. The number of nitrogens with zero attached hydrogens (tertiary/aromatic N) is 4. The fourth-order valence-electron chi connectivity index (χ4n) is 3.95. The molecule has 0 unspecified atom stereocenters. The predicted molar refractivity (Wildman–Crippen MR) is 92.4 cm³/mol. The molecule has 0 N–H and O–H groups in total. The minimum atomic E-state index is 0.480. The summed E-state index contributed by atoms with van der Waals surface area (Å²) in [7, 11) is 0. The Hall–Kier alpha value is -1.33. The summed E-state index contributed by atoms with van der Waals surface area (Å²) in [5, 5.41) is 3.33.